The number of allylic oxidation sites excluding steroid dienone is 1. The van der Waals surface area contributed by atoms with Gasteiger partial charge in [-0.2, -0.15) is 0 Å². The Morgan fingerprint density at radius 3 is 2.82 bits per heavy atom. The van der Waals surface area contributed by atoms with E-state index in [1.54, 1.807) is 6.07 Å². The van der Waals surface area contributed by atoms with Crippen LogP contribution in [0.15, 0.2) is 30.0 Å². The lowest BCUT2D eigenvalue weighted by Gasteiger charge is -2.05. The molecular formula is C13H17N3O. The number of carbonyl (C=O) groups is 1. The van der Waals surface area contributed by atoms with Gasteiger partial charge in [0.05, 0.1) is 0 Å². The highest BCUT2D eigenvalue weighted by Crippen LogP contribution is 2.22. The average molecular weight is 231 g/mol. The number of pyridine rings is 1. The van der Waals surface area contributed by atoms with Crippen molar-refractivity contribution in [1.82, 2.24) is 10.3 Å². The molecule has 0 bridgehead atoms. The molecule has 1 fully saturated rings. The molecule has 0 spiro atoms. The van der Waals surface area contributed by atoms with Gasteiger partial charge in [0, 0.05) is 11.9 Å². The van der Waals surface area contributed by atoms with E-state index in [-0.39, 0.29) is 6.03 Å². The van der Waals surface area contributed by atoms with Crippen LogP contribution in [0.25, 0.3) is 0 Å². The lowest BCUT2D eigenvalue weighted by atomic mass is 10.2. The fourth-order valence-corrected chi connectivity index (χ4v) is 1.91. The predicted molar refractivity (Wildman–Crippen MR) is 67.7 cm³/mol. The Morgan fingerprint density at radius 2 is 2.12 bits per heavy atom. The molecule has 1 aromatic rings. The number of nitrogens with one attached hydrogen (secondary N) is 2. The third-order valence-electron chi connectivity index (χ3n) is 2.78. The summed E-state index contributed by atoms with van der Waals surface area (Å²) in [6, 6.07) is 5.30. The van der Waals surface area contributed by atoms with Crippen LogP contribution >= 0.6 is 0 Å². The molecule has 90 valence electrons. The van der Waals surface area contributed by atoms with Crippen LogP contribution in [0, 0.1) is 6.92 Å². The number of urea groups is 1. The molecule has 2 amide bonds. The van der Waals surface area contributed by atoms with E-state index in [9.17, 15) is 4.79 Å². The number of carbonyl (C=O) groups excluding carboxylic acids is 1. The molecular weight excluding hydrogens is 214 g/mol. The van der Waals surface area contributed by atoms with Crippen molar-refractivity contribution in [2.24, 2.45) is 0 Å². The Labute approximate surface area is 101 Å². The van der Waals surface area contributed by atoms with Gasteiger partial charge in [0.15, 0.2) is 0 Å². The topological polar surface area (TPSA) is 54.0 Å². The van der Waals surface area contributed by atoms with E-state index < -0.39 is 0 Å². The zero-order chi connectivity index (χ0) is 12.1. The summed E-state index contributed by atoms with van der Waals surface area (Å²) in [5.41, 5.74) is 2.20. The lowest BCUT2D eigenvalue weighted by molar-refractivity contribution is 0.255. The van der Waals surface area contributed by atoms with E-state index in [0.29, 0.717) is 5.82 Å². The number of nitrogens with zero attached hydrogens (tertiary/aromatic N) is 1. The third-order valence-corrected chi connectivity index (χ3v) is 2.78. The van der Waals surface area contributed by atoms with E-state index in [0.717, 1.165) is 18.5 Å². The SMILES string of the molecule is Cc1cccc(NC(=O)NC=C2CCCC2)n1. The minimum atomic E-state index is -0.234. The molecule has 4 nitrogen and oxygen atoms in total. The van der Waals surface area contributed by atoms with Crippen molar-refractivity contribution in [2.75, 3.05) is 5.32 Å². The minimum absolute atomic E-state index is 0.234. The van der Waals surface area contributed by atoms with Crippen molar-refractivity contribution >= 4 is 11.8 Å². The fourth-order valence-electron chi connectivity index (χ4n) is 1.91. The molecule has 2 rings (SSSR count). The van der Waals surface area contributed by atoms with Crippen molar-refractivity contribution in [3.05, 3.63) is 35.7 Å². The first-order chi connectivity index (χ1) is 8.24. The number of rotatable bonds is 2. The van der Waals surface area contributed by atoms with Gasteiger partial charge in [-0.1, -0.05) is 11.6 Å². The van der Waals surface area contributed by atoms with Gasteiger partial charge in [0.2, 0.25) is 0 Å². The molecule has 0 aliphatic heterocycles. The zero-order valence-corrected chi connectivity index (χ0v) is 9.99. The first-order valence-electron chi connectivity index (χ1n) is 5.93. The first-order valence-corrected chi connectivity index (χ1v) is 5.93. The summed E-state index contributed by atoms with van der Waals surface area (Å²) in [4.78, 5) is 15.8. The van der Waals surface area contributed by atoms with Crippen molar-refractivity contribution < 1.29 is 4.79 Å². The molecule has 0 radical (unpaired) electrons. The van der Waals surface area contributed by atoms with Gasteiger partial charge < -0.3 is 5.32 Å². The van der Waals surface area contributed by atoms with Crippen LogP contribution in [-0.2, 0) is 0 Å². The highest BCUT2D eigenvalue weighted by molar-refractivity contribution is 5.88. The van der Waals surface area contributed by atoms with E-state index in [4.69, 9.17) is 0 Å². The molecule has 0 aromatic carbocycles. The summed E-state index contributed by atoms with van der Waals surface area (Å²) < 4.78 is 0. The summed E-state index contributed by atoms with van der Waals surface area (Å²) in [7, 11) is 0. The second kappa shape index (κ2) is 5.48. The smallest absolute Gasteiger partial charge is 0.314 e. The van der Waals surface area contributed by atoms with E-state index in [1.165, 1.54) is 18.4 Å². The molecule has 1 aromatic heterocycles. The normalized spacial score (nSPS) is 14.5. The molecule has 17 heavy (non-hydrogen) atoms. The fraction of sp³-hybridized carbons (Fsp3) is 0.385. The monoisotopic (exact) mass is 231 g/mol. The summed E-state index contributed by atoms with van der Waals surface area (Å²) in [6.07, 6.45) is 6.48. The number of aryl methyl sites for hydroxylation is 1. The van der Waals surface area contributed by atoms with Crippen LogP contribution in [0.1, 0.15) is 31.4 Å². The van der Waals surface area contributed by atoms with Gasteiger partial charge in [-0.15, -0.1) is 0 Å². The standard InChI is InChI=1S/C13H17N3O/c1-10-5-4-8-12(15-10)16-13(17)14-9-11-6-2-3-7-11/h4-5,8-9H,2-3,6-7H2,1H3,(H2,14,15,16,17). The molecule has 1 aliphatic rings. The number of hydrogen-bond donors (Lipinski definition) is 2. The average Bonchev–Trinajstić information content (AvgIpc) is 2.79. The van der Waals surface area contributed by atoms with Crippen LogP contribution in [0.3, 0.4) is 0 Å². The maximum atomic E-state index is 11.6. The highest BCUT2D eigenvalue weighted by atomic mass is 16.2. The second-order valence-corrected chi connectivity index (χ2v) is 4.27. The largest absolute Gasteiger partial charge is 0.324 e. The third kappa shape index (κ3) is 3.59. The van der Waals surface area contributed by atoms with E-state index in [1.807, 2.05) is 25.3 Å². The van der Waals surface area contributed by atoms with E-state index >= 15 is 0 Å². The number of hydrogen-bond acceptors (Lipinski definition) is 2. The quantitative estimate of drug-likeness (QED) is 0.822. The Hall–Kier alpha value is -1.84. The van der Waals surface area contributed by atoms with Crippen molar-refractivity contribution in [2.45, 2.75) is 32.6 Å². The minimum Gasteiger partial charge on any atom is -0.314 e. The van der Waals surface area contributed by atoms with Crippen molar-refractivity contribution in [3.8, 4) is 0 Å². The maximum Gasteiger partial charge on any atom is 0.324 e. The van der Waals surface area contributed by atoms with Crippen molar-refractivity contribution in [3.63, 3.8) is 0 Å². The highest BCUT2D eigenvalue weighted by Gasteiger charge is 2.07. The van der Waals surface area contributed by atoms with Crippen LogP contribution < -0.4 is 10.6 Å². The van der Waals surface area contributed by atoms with Crippen LogP contribution in [-0.4, -0.2) is 11.0 Å². The maximum absolute atomic E-state index is 11.6. The molecule has 1 heterocycles. The Kier molecular flexibility index (Phi) is 3.75. The van der Waals surface area contributed by atoms with Crippen LogP contribution in [0.4, 0.5) is 10.6 Å². The predicted octanol–water partition coefficient (Wildman–Crippen LogP) is 2.97. The summed E-state index contributed by atoms with van der Waals surface area (Å²) in [6.45, 7) is 1.89. The number of anilines is 1. The molecule has 4 heteroatoms. The van der Waals surface area contributed by atoms with Gasteiger partial charge in [-0.05, 0) is 44.7 Å². The van der Waals surface area contributed by atoms with E-state index in [2.05, 4.69) is 15.6 Å². The Bertz CT molecular complexity index is 432. The molecule has 0 saturated heterocycles. The second-order valence-electron chi connectivity index (χ2n) is 4.27. The molecule has 0 unspecified atom stereocenters. The number of aromatic nitrogens is 1. The zero-order valence-electron chi connectivity index (χ0n) is 9.99. The molecule has 0 atom stereocenters. The number of amides is 2. The lowest BCUT2D eigenvalue weighted by Crippen LogP contribution is -2.24. The van der Waals surface area contributed by atoms with Gasteiger partial charge >= 0.3 is 6.03 Å². The van der Waals surface area contributed by atoms with Gasteiger partial charge in [-0.25, -0.2) is 9.78 Å². The Morgan fingerprint density at radius 1 is 1.35 bits per heavy atom. The van der Waals surface area contributed by atoms with Gasteiger partial charge in [0.1, 0.15) is 5.82 Å². The van der Waals surface area contributed by atoms with Gasteiger partial charge in [0.25, 0.3) is 0 Å². The summed E-state index contributed by atoms with van der Waals surface area (Å²) >= 11 is 0. The molecule has 1 aliphatic carbocycles. The molecule has 2 N–H and O–H groups in total. The van der Waals surface area contributed by atoms with Crippen molar-refractivity contribution in [1.29, 1.82) is 0 Å². The van der Waals surface area contributed by atoms with Crippen LogP contribution in [0.2, 0.25) is 0 Å². The first kappa shape index (κ1) is 11.6. The van der Waals surface area contributed by atoms with Crippen LogP contribution in [0.5, 0.6) is 0 Å². The summed E-state index contributed by atoms with van der Waals surface area (Å²) in [5.74, 6) is 0.576. The summed E-state index contributed by atoms with van der Waals surface area (Å²) in [5, 5.41) is 5.44. The van der Waals surface area contributed by atoms with Gasteiger partial charge in [-0.3, -0.25) is 5.32 Å². The Balaban J connectivity index is 1.86. The molecule has 1 saturated carbocycles.